The molecule has 3 unspecified atom stereocenters. The fourth-order valence-corrected chi connectivity index (χ4v) is 2.65. The van der Waals surface area contributed by atoms with Gasteiger partial charge in [0, 0.05) is 18.9 Å². The monoisotopic (exact) mass is 255 g/mol. The van der Waals surface area contributed by atoms with Crippen LogP contribution in [0.15, 0.2) is 0 Å². The van der Waals surface area contributed by atoms with Gasteiger partial charge in [-0.1, -0.05) is 13.8 Å². The molecule has 1 aliphatic rings. The third-order valence-electron chi connectivity index (χ3n) is 3.79. The van der Waals surface area contributed by atoms with E-state index in [-0.39, 0.29) is 11.9 Å². The molecule has 0 bridgehead atoms. The van der Waals surface area contributed by atoms with E-state index in [9.17, 15) is 9.59 Å². The van der Waals surface area contributed by atoms with Gasteiger partial charge in [-0.15, -0.1) is 0 Å². The Kier molecular flexibility index (Phi) is 6.16. The lowest BCUT2D eigenvalue weighted by molar-refractivity contribution is -0.140. The summed E-state index contributed by atoms with van der Waals surface area (Å²) in [5, 5.41) is 3.09. The van der Waals surface area contributed by atoms with Crippen molar-refractivity contribution in [3.05, 3.63) is 0 Å². The zero-order valence-corrected chi connectivity index (χ0v) is 11.7. The molecule has 0 spiro atoms. The van der Waals surface area contributed by atoms with Crippen molar-refractivity contribution >= 4 is 11.9 Å². The van der Waals surface area contributed by atoms with Crippen LogP contribution >= 0.6 is 0 Å². The van der Waals surface area contributed by atoms with Gasteiger partial charge in [-0.3, -0.25) is 9.59 Å². The molecule has 0 heterocycles. The molecule has 18 heavy (non-hydrogen) atoms. The van der Waals surface area contributed by atoms with Gasteiger partial charge in [-0.25, -0.2) is 0 Å². The average Bonchev–Trinajstić information content (AvgIpc) is 2.32. The predicted octanol–water partition coefficient (Wildman–Crippen LogP) is 2.27. The molecule has 0 aromatic rings. The van der Waals surface area contributed by atoms with Gasteiger partial charge >= 0.3 is 5.97 Å². The van der Waals surface area contributed by atoms with E-state index in [1.54, 1.807) is 0 Å². The van der Waals surface area contributed by atoms with Gasteiger partial charge in [0.2, 0.25) is 5.91 Å². The minimum absolute atomic E-state index is 0.0605. The first-order valence-corrected chi connectivity index (χ1v) is 6.89. The first-order chi connectivity index (χ1) is 8.52. The van der Waals surface area contributed by atoms with E-state index < -0.39 is 0 Å². The standard InChI is InChI=1S/C14H25NO3/c1-10-7-8-12(11(2)9-10)15-13(16)5-4-6-14(17)18-3/h10-12H,4-9H2,1-3H3,(H,15,16). The van der Waals surface area contributed by atoms with Gasteiger partial charge in [0.05, 0.1) is 7.11 Å². The Morgan fingerprint density at radius 3 is 2.56 bits per heavy atom. The highest BCUT2D eigenvalue weighted by molar-refractivity contribution is 5.77. The molecule has 0 aromatic heterocycles. The molecule has 1 aliphatic carbocycles. The van der Waals surface area contributed by atoms with Crippen molar-refractivity contribution in [2.24, 2.45) is 11.8 Å². The van der Waals surface area contributed by atoms with Gasteiger partial charge in [0.1, 0.15) is 0 Å². The van der Waals surface area contributed by atoms with Crippen molar-refractivity contribution in [3.8, 4) is 0 Å². The largest absolute Gasteiger partial charge is 0.469 e. The highest BCUT2D eigenvalue weighted by Crippen LogP contribution is 2.28. The second-order valence-corrected chi connectivity index (χ2v) is 5.50. The highest BCUT2D eigenvalue weighted by Gasteiger charge is 2.26. The lowest BCUT2D eigenvalue weighted by Gasteiger charge is -2.33. The average molecular weight is 255 g/mol. The molecule has 1 fully saturated rings. The van der Waals surface area contributed by atoms with Crippen LogP contribution in [0.2, 0.25) is 0 Å². The Morgan fingerprint density at radius 2 is 1.94 bits per heavy atom. The summed E-state index contributed by atoms with van der Waals surface area (Å²) in [5.41, 5.74) is 0. The summed E-state index contributed by atoms with van der Waals surface area (Å²) in [6, 6.07) is 0.312. The Labute approximate surface area is 109 Å². The molecule has 3 atom stereocenters. The van der Waals surface area contributed by atoms with Gasteiger partial charge in [-0.05, 0) is 37.5 Å². The zero-order valence-electron chi connectivity index (χ0n) is 11.7. The number of rotatable bonds is 5. The molecule has 0 radical (unpaired) electrons. The number of carbonyl (C=O) groups excluding carboxylic acids is 2. The Balaban J connectivity index is 2.21. The third kappa shape index (κ3) is 5.07. The summed E-state index contributed by atoms with van der Waals surface area (Å²) in [5.74, 6) is 1.14. The second kappa shape index (κ2) is 7.39. The van der Waals surface area contributed by atoms with Crippen LogP contribution in [0, 0.1) is 11.8 Å². The van der Waals surface area contributed by atoms with Crippen molar-refractivity contribution in [2.75, 3.05) is 7.11 Å². The van der Waals surface area contributed by atoms with Gasteiger partial charge in [0.25, 0.3) is 0 Å². The van der Waals surface area contributed by atoms with Gasteiger partial charge < -0.3 is 10.1 Å². The zero-order chi connectivity index (χ0) is 13.5. The van der Waals surface area contributed by atoms with Gasteiger partial charge in [0.15, 0.2) is 0 Å². The summed E-state index contributed by atoms with van der Waals surface area (Å²) in [4.78, 5) is 22.7. The van der Waals surface area contributed by atoms with E-state index >= 15 is 0 Å². The predicted molar refractivity (Wildman–Crippen MR) is 70.0 cm³/mol. The van der Waals surface area contributed by atoms with Crippen LogP contribution in [0.3, 0.4) is 0 Å². The maximum absolute atomic E-state index is 11.7. The number of methoxy groups -OCH3 is 1. The molecule has 1 saturated carbocycles. The SMILES string of the molecule is COC(=O)CCCC(=O)NC1CCC(C)CC1C. The second-order valence-electron chi connectivity index (χ2n) is 5.50. The molecule has 0 aromatic carbocycles. The van der Waals surface area contributed by atoms with E-state index in [4.69, 9.17) is 0 Å². The van der Waals surface area contributed by atoms with Crippen molar-refractivity contribution in [3.63, 3.8) is 0 Å². The summed E-state index contributed by atoms with van der Waals surface area (Å²) in [7, 11) is 1.37. The summed E-state index contributed by atoms with van der Waals surface area (Å²) >= 11 is 0. The Hall–Kier alpha value is -1.06. The number of hydrogen-bond donors (Lipinski definition) is 1. The topological polar surface area (TPSA) is 55.4 Å². The molecule has 1 N–H and O–H groups in total. The fraction of sp³-hybridized carbons (Fsp3) is 0.857. The third-order valence-corrected chi connectivity index (χ3v) is 3.79. The lowest BCUT2D eigenvalue weighted by Crippen LogP contribution is -2.42. The molecule has 0 saturated heterocycles. The van der Waals surface area contributed by atoms with Crippen LogP contribution in [-0.4, -0.2) is 25.0 Å². The molecular formula is C14H25NO3. The summed E-state index contributed by atoms with van der Waals surface area (Å²) in [6.45, 7) is 4.47. The molecule has 4 heteroatoms. The van der Waals surface area contributed by atoms with Crippen LogP contribution in [0.1, 0.15) is 52.4 Å². The van der Waals surface area contributed by atoms with Crippen LogP contribution in [0.25, 0.3) is 0 Å². The number of amides is 1. The number of nitrogens with one attached hydrogen (secondary N) is 1. The first-order valence-electron chi connectivity index (χ1n) is 6.89. The lowest BCUT2D eigenvalue weighted by atomic mass is 9.80. The smallest absolute Gasteiger partial charge is 0.305 e. The fourth-order valence-electron chi connectivity index (χ4n) is 2.65. The van der Waals surface area contributed by atoms with Crippen LogP contribution in [0.5, 0.6) is 0 Å². The van der Waals surface area contributed by atoms with Crippen molar-refractivity contribution in [2.45, 2.75) is 58.4 Å². The highest BCUT2D eigenvalue weighted by atomic mass is 16.5. The van der Waals surface area contributed by atoms with E-state index in [0.717, 1.165) is 12.3 Å². The van der Waals surface area contributed by atoms with E-state index in [0.29, 0.717) is 31.2 Å². The normalized spacial score (nSPS) is 27.6. The van der Waals surface area contributed by atoms with Crippen LogP contribution in [-0.2, 0) is 14.3 Å². The number of esters is 1. The number of carbonyl (C=O) groups is 2. The van der Waals surface area contributed by atoms with Crippen LogP contribution < -0.4 is 5.32 Å². The number of hydrogen-bond acceptors (Lipinski definition) is 3. The molecule has 4 nitrogen and oxygen atoms in total. The van der Waals surface area contributed by atoms with Crippen molar-refractivity contribution < 1.29 is 14.3 Å². The maximum Gasteiger partial charge on any atom is 0.305 e. The molecule has 1 rings (SSSR count). The first kappa shape index (κ1) is 15.0. The van der Waals surface area contributed by atoms with E-state index in [1.807, 2.05) is 0 Å². The van der Waals surface area contributed by atoms with Gasteiger partial charge in [-0.2, -0.15) is 0 Å². The minimum Gasteiger partial charge on any atom is -0.469 e. The molecule has 1 amide bonds. The quantitative estimate of drug-likeness (QED) is 0.767. The molecule has 0 aliphatic heterocycles. The van der Waals surface area contributed by atoms with Crippen molar-refractivity contribution in [1.29, 1.82) is 0 Å². The van der Waals surface area contributed by atoms with Crippen LogP contribution in [0.4, 0.5) is 0 Å². The maximum atomic E-state index is 11.7. The number of ether oxygens (including phenoxy) is 1. The molecule has 104 valence electrons. The van der Waals surface area contributed by atoms with Crippen molar-refractivity contribution in [1.82, 2.24) is 5.32 Å². The summed E-state index contributed by atoms with van der Waals surface area (Å²) in [6.07, 6.45) is 4.75. The molecular weight excluding hydrogens is 230 g/mol. The van der Waals surface area contributed by atoms with E-state index in [1.165, 1.54) is 20.0 Å². The Bertz CT molecular complexity index is 291. The summed E-state index contributed by atoms with van der Waals surface area (Å²) < 4.78 is 4.54. The minimum atomic E-state index is -0.248. The Morgan fingerprint density at radius 1 is 1.22 bits per heavy atom. The van der Waals surface area contributed by atoms with E-state index in [2.05, 4.69) is 23.9 Å².